The lowest BCUT2D eigenvalue weighted by Crippen LogP contribution is -2.40. The highest BCUT2D eigenvalue weighted by Gasteiger charge is 2.33. The van der Waals surface area contributed by atoms with Crippen molar-refractivity contribution in [3.8, 4) is 11.5 Å². The van der Waals surface area contributed by atoms with Crippen LogP contribution in [0.4, 0.5) is 0 Å². The van der Waals surface area contributed by atoms with E-state index < -0.39 is 0 Å². The van der Waals surface area contributed by atoms with Crippen LogP contribution in [-0.4, -0.2) is 36.6 Å². The second-order valence-electron chi connectivity index (χ2n) is 6.91. The molecule has 1 aliphatic heterocycles. The fourth-order valence-corrected chi connectivity index (χ4v) is 3.87. The molecule has 0 unspecified atom stereocenters. The van der Waals surface area contributed by atoms with Crippen LogP contribution in [0.3, 0.4) is 0 Å². The van der Waals surface area contributed by atoms with Crippen molar-refractivity contribution >= 4 is 5.91 Å². The SMILES string of the molecule is COc1cc2c(cc1OC)[C@@H](c1ccccc1)N(C(=O)c1ccc(=O)[nH]c1)CC2. The summed E-state index contributed by atoms with van der Waals surface area (Å²) in [6.07, 6.45) is 2.17. The monoisotopic (exact) mass is 390 g/mol. The van der Waals surface area contributed by atoms with Crippen molar-refractivity contribution in [1.29, 1.82) is 0 Å². The molecule has 4 rings (SSSR count). The molecule has 1 amide bonds. The van der Waals surface area contributed by atoms with Crippen LogP contribution in [0.15, 0.2) is 65.6 Å². The van der Waals surface area contributed by atoms with E-state index >= 15 is 0 Å². The Kier molecular flexibility index (Phi) is 5.08. The number of amides is 1. The summed E-state index contributed by atoms with van der Waals surface area (Å²) in [5.74, 6) is 1.18. The number of aromatic amines is 1. The number of ether oxygens (including phenoxy) is 2. The maximum Gasteiger partial charge on any atom is 0.256 e. The van der Waals surface area contributed by atoms with Gasteiger partial charge < -0.3 is 19.4 Å². The van der Waals surface area contributed by atoms with Crippen LogP contribution in [0.2, 0.25) is 0 Å². The highest BCUT2D eigenvalue weighted by atomic mass is 16.5. The molecule has 0 saturated carbocycles. The van der Waals surface area contributed by atoms with E-state index in [9.17, 15) is 9.59 Å². The second-order valence-corrected chi connectivity index (χ2v) is 6.91. The number of hydrogen-bond acceptors (Lipinski definition) is 4. The van der Waals surface area contributed by atoms with Crippen molar-refractivity contribution in [1.82, 2.24) is 9.88 Å². The summed E-state index contributed by atoms with van der Waals surface area (Å²) in [4.78, 5) is 29.2. The topological polar surface area (TPSA) is 71.6 Å². The van der Waals surface area contributed by atoms with Gasteiger partial charge in [0.05, 0.1) is 25.8 Å². The maximum atomic E-state index is 13.3. The van der Waals surface area contributed by atoms with Crippen molar-refractivity contribution in [2.24, 2.45) is 0 Å². The number of benzene rings is 2. The zero-order chi connectivity index (χ0) is 20.4. The van der Waals surface area contributed by atoms with Gasteiger partial charge in [-0.2, -0.15) is 0 Å². The highest BCUT2D eigenvalue weighted by molar-refractivity contribution is 5.94. The van der Waals surface area contributed by atoms with E-state index in [0.717, 1.165) is 16.7 Å². The minimum atomic E-state index is -0.265. The number of rotatable bonds is 4. The molecule has 0 fully saturated rings. The number of aromatic nitrogens is 1. The van der Waals surface area contributed by atoms with Gasteiger partial charge in [0.15, 0.2) is 11.5 Å². The van der Waals surface area contributed by atoms with Gasteiger partial charge in [-0.05, 0) is 41.3 Å². The summed E-state index contributed by atoms with van der Waals surface area (Å²) in [5.41, 5.74) is 3.37. The lowest BCUT2D eigenvalue weighted by Gasteiger charge is -2.38. The Morgan fingerprint density at radius 1 is 1.03 bits per heavy atom. The van der Waals surface area contributed by atoms with Crippen LogP contribution in [-0.2, 0) is 6.42 Å². The lowest BCUT2D eigenvalue weighted by atomic mass is 9.87. The molecule has 6 heteroatoms. The molecule has 1 atom stereocenters. The predicted octanol–water partition coefficient (Wildman–Crippen LogP) is 3.18. The number of methoxy groups -OCH3 is 2. The van der Waals surface area contributed by atoms with E-state index in [4.69, 9.17) is 9.47 Å². The van der Waals surface area contributed by atoms with Gasteiger partial charge in [0.1, 0.15) is 0 Å². The molecular formula is C23H22N2O4. The zero-order valence-electron chi connectivity index (χ0n) is 16.3. The van der Waals surface area contributed by atoms with Crippen molar-refractivity contribution < 1.29 is 14.3 Å². The molecule has 0 bridgehead atoms. The van der Waals surface area contributed by atoms with Crippen molar-refractivity contribution in [3.63, 3.8) is 0 Å². The Labute approximate surface area is 168 Å². The number of hydrogen-bond donors (Lipinski definition) is 1. The zero-order valence-corrected chi connectivity index (χ0v) is 16.3. The van der Waals surface area contributed by atoms with Crippen LogP contribution >= 0.6 is 0 Å². The molecule has 6 nitrogen and oxygen atoms in total. The minimum Gasteiger partial charge on any atom is -0.493 e. The molecule has 0 radical (unpaired) electrons. The third kappa shape index (κ3) is 3.49. The van der Waals surface area contributed by atoms with Crippen molar-refractivity contribution in [2.75, 3.05) is 20.8 Å². The summed E-state index contributed by atoms with van der Waals surface area (Å²) in [6.45, 7) is 0.556. The molecule has 1 aromatic heterocycles. The first-order chi connectivity index (χ1) is 14.1. The molecule has 2 heterocycles. The van der Waals surface area contributed by atoms with E-state index in [1.165, 1.54) is 12.3 Å². The van der Waals surface area contributed by atoms with Crippen LogP contribution in [0.5, 0.6) is 11.5 Å². The number of fused-ring (bicyclic) bond motifs is 1. The predicted molar refractivity (Wildman–Crippen MR) is 110 cm³/mol. The van der Waals surface area contributed by atoms with Gasteiger partial charge in [-0.1, -0.05) is 30.3 Å². The molecule has 3 aromatic rings. The highest BCUT2D eigenvalue weighted by Crippen LogP contribution is 2.41. The van der Waals surface area contributed by atoms with Gasteiger partial charge in [-0.15, -0.1) is 0 Å². The van der Waals surface area contributed by atoms with E-state index in [0.29, 0.717) is 30.0 Å². The summed E-state index contributed by atoms with van der Waals surface area (Å²) in [7, 11) is 3.22. The summed E-state index contributed by atoms with van der Waals surface area (Å²) >= 11 is 0. The summed E-state index contributed by atoms with van der Waals surface area (Å²) < 4.78 is 11.0. The van der Waals surface area contributed by atoms with Crippen molar-refractivity contribution in [3.05, 3.63) is 93.4 Å². The lowest BCUT2D eigenvalue weighted by molar-refractivity contribution is 0.0693. The third-order valence-corrected chi connectivity index (χ3v) is 5.28. The summed E-state index contributed by atoms with van der Waals surface area (Å²) in [6, 6.07) is 16.5. The molecule has 1 N–H and O–H groups in total. The fraction of sp³-hybridized carbons (Fsp3) is 0.217. The maximum absolute atomic E-state index is 13.3. The Hall–Kier alpha value is -3.54. The summed E-state index contributed by atoms with van der Waals surface area (Å²) in [5, 5.41) is 0. The quantitative estimate of drug-likeness (QED) is 0.743. The number of carbonyl (C=O) groups excluding carboxylic acids is 1. The molecule has 0 aliphatic carbocycles. The van der Waals surface area contributed by atoms with Crippen molar-refractivity contribution in [2.45, 2.75) is 12.5 Å². The van der Waals surface area contributed by atoms with Gasteiger partial charge >= 0.3 is 0 Å². The van der Waals surface area contributed by atoms with E-state index in [2.05, 4.69) is 4.98 Å². The molecule has 0 saturated heterocycles. The second kappa shape index (κ2) is 7.83. The number of carbonyl (C=O) groups is 1. The smallest absolute Gasteiger partial charge is 0.256 e. The first-order valence-corrected chi connectivity index (χ1v) is 9.42. The Morgan fingerprint density at radius 2 is 1.76 bits per heavy atom. The molecular weight excluding hydrogens is 368 g/mol. The van der Waals surface area contributed by atoms with Crippen LogP contribution in [0.1, 0.15) is 33.1 Å². The molecule has 29 heavy (non-hydrogen) atoms. The average Bonchev–Trinajstić information content (AvgIpc) is 2.77. The average molecular weight is 390 g/mol. The van der Waals surface area contributed by atoms with Gasteiger partial charge in [0, 0.05) is 18.8 Å². The first-order valence-electron chi connectivity index (χ1n) is 9.42. The molecule has 1 aliphatic rings. The third-order valence-electron chi connectivity index (χ3n) is 5.28. The van der Waals surface area contributed by atoms with E-state index in [-0.39, 0.29) is 17.5 Å². The first kappa shape index (κ1) is 18.8. The van der Waals surface area contributed by atoms with Crippen LogP contribution in [0.25, 0.3) is 0 Å². The Bertz CT molecular complexity index is 1070. The number of H-pyrrole nitrogens is 1. The Morgan fingerprint density at radius 3 is 2.41 bits per heavy atom. The van der Waals surface area contributed by atoms with Gasteiger partial charge in [-0.25, -0.2) is 0 Å². The largest absolute Gasteiger partial charge is 0.493 e. The molecule has 148 valence electrons. The van der Waals surface area contributed by atoms with E-state index in [1.54, 1.807) is 20.3 Å². The number of nitrogens with one attached hydrogen (secondary N) is 1. The van der Waals surface area contributed by atoms with Gasteiger partial charge in [-0.3, -0.25) is 9.59 Å². The van der Waals surface area contributed by atoms with Gasteiger partial charge in [0.2, 0.25) is 5.56 Å². The number of nitrogens with zero attached hydrogens (tertiary/aromatic N) is 1. The molecule has 0 spiro atoms. The van der Waals surface area contributed by atoms with E-state index in [1.807, 2.05) is 47.4 Å². The normalized spacial score (nSPS) is 15.5. The Balaban J connectivity index is 1.84. The van der Waals surface area contributed by atoms with Crippen LogP contribution in [0, 0.1) is 0 Å². The number of pyridine rings is 1. The minimum absolute atomic E-state index is 0.129. The van der Waals surface area contributed by atoms with Crippen LogP contribution < -0.4 is 15.0 Å². The van der Waals surface area contributed by atoms with Gasteiger partial charge in [0.25, 0.3) is 5.91 Å². The standard InChI is InChI=1S/C23H22N2O4/c1-28-19-12-16-10-11-25(23(27)17-8-9-21(26)24-14-17)22(15-6-4-3-5-7-15)18(16)13-20(19)29-2/h3-9,12-14,22H,10-11H2,1-2H3,(H,24,26)/t22-/m1/s1. The fourth-order valence-electron chi connectivity index (χ4n) is 3.87. The molecule has 2 aromatic carbocycles.